The van der Waals surface area contributed by atoms with Gasteiger partial charge in [-0.05, 0) is 81.6 Å². The molecular weight excluding hydrogens is 465 g/mol. The van der Waals surface area contributed by atoms with Crippen LogP contribution in [0.1, 0.15) is 61.4 Å². The van der Waals surface area contributed by atoms with Gasteiger partial charge in [-0.25, -0.2) is 4.39 Å². The van der Waals surface area contributed by atoms with E-state index in [1.807, 2.05) is 24.3 Å². The fourth-order valence-electron chi connectivity index (χ4n) is 7.22. The minimum absolute atomic E-state index is 0.169. The van der Waals surface area contributed by atoms with E-state index in [2.05, 4.69) is 22.2 Å². The lowest BCUT2D eigenvalue weighted by atomic mass is 9.85. The summed E-state index contributed by atoms with van der Waals surface area (Å²) in [6, 6.07) is 13.5. The van der Waals surface area contributed by atoms with Crippen LogP contribution < -0.4 is 15.0 Å². The highest BCUT2D eigenvalue weighted by Crippen LogP contribution is 2.40. The molecule has 3 fully saturated rings. The van der Waals surface area contributed by atoms with Crippen LogP contribution in [0.3, 0.4) is 0 Å². The van der Waals surface area contributed by atoms with E-state index in [0.717, 1.165) is 55.5 Å². The van der Waals surface area contributed by atoms with Crippen LogP contribution in [0, 0.1) is 5.82 Å². The Labute approximate surface area is 218 Å². The lowest BCUT2D eigenvalue weighted by Crippen LogP contribution is -2.39. The van der Waals surface area contributed by atoms with E-state index in [1.165, 1.54) is 30.5 Å². The number of benzene rings is 2. The summed E-state index contributed by atoms with van der Waals surface area (Å²) in [7, 11) is 2.17. The Bertz CT molecular complexity index is 1300. The molecule has 0 saturated carbocycles. The van der Waals surface area contributed by atoms with Crippen molar-refractivity contribution in [1.29, 1.82) is 0 Å². The fraction of sp³-hybridized carbons (Fsp3) is 0.533. The number of fused-ring (bicyclic) bond motifs is 4. The van der Waals surface area contributed by atoms with Gasteiger partial charge in [0, 0.05) is 41.7 Å². The van der Waals surface area contributed by atoms with E-state index in [9.17, 15) is 4.39 Å². The quantitative estimate of drug-likeness (QED) is 0.542. The maximum Gasteiger partial charge on any atom is 0.316 e. The van der Waals surface area contributed by atoms with Crippen molar-refractivity contribution in [3.63, 3.8) is 0 Å². The third kappa shape index (κ3) is 4.36. The molecule has 3 aromatic rings. The van der Waals surface area contributed by atoms with Crippen molar-refractivity contribution in [1.82, 2.24) is 20.2 Å². The number of ether oxygens (including phenoxy) is 1. The Hall–Kier alpha value is -2.77. The number of aromatic nitrogens is 2. The average Bonchev–Trinajstić information content (AvgIpc) is 3.49. The first-order valence-electron chi connectivity index (χ1n) is 14.0. The Kier molecular flexibility index (Phi) is 6.01. The van der Waals surface area contributed by atoms with E-state index >= 15 is 0 Å². The second-order valence-corrected chi connectivity index (χ2v) is 11.5. The third-order valence-corrected chi connectivity index (χ3v) is 9.19. The van der Waals surface area contributed by atoms with Gasteiger partial charge >= 0.3 is 6.01 Å². The van der Waals surface area contributed by atoms with E-state index < -0.39 is 0 Å². The van der Waals surface area contributed by atoms with Crippen molar-refractivity contribution >= 4 is 16.5 Å². The van der Waals surface area contributed by atoms with Gasteiger partial charge in [0.25, 0.3) is 0 Å². The van der Waals surface area contributed by atoms with Crippen molar-refractivity contribution in [2.24, 2.45) is 0 Å². The zero-order chi connectivity index (χ0) is 24.9. The lowest BCUT2D eigenvalue weighted by molar-refractivity contribution is 0.186. The molecule has 3 saturated heterocycles. The minimum atomic E-state index is -0.169. The molecule has 2 aromatic carbocycles. The van der Waals surface area contributed by atoms with Crippen LogP contribution in [0.5, 0.6) is 6.01 Å². The molecule has 37 heavy (non-hydrogen) atoms. The van der Waals surface area contributed by atoms with Crippen LogP contribution in [-0.4, -0.2) is 59.7 Å². The largest absolute Gasteiger partial charge is 0.462 e. The Morgan fingerprint density at radius 2 is 1.84 bits per heavy atom. The molecular formula is C30H36FN5O. The normalized spacial score (nSPS) is 27.6. The SMILES string of the molecule is CN1CCC[C@H]1COc1nc2c(c([C@H]3C[C@H]4CC[C@@H](C3)N4)n1)CCN(c1cccc3cccc(F)c13)C2. The number of piperidine rings is 1. The van der Waals surface area contributed by atoms with Crippen molar-refractivity contribution in [3.05, 3.63) is 59.2 Å². The van der Waals surface area contributed by atoms with Crippen LogP contribution in [0.25, 0.3) is 10.8 Å². The molecule has 1 aromatic heterocycles. The molecule has 7 heteroatoms. The average molecular weight is 502 g/mol. The van der Waals surface area contributed by atoms with Gasteiger partial charge in [0.15, 0.2) is 0 Å². The number of nitrogens with one attached hydrogen (secondary N) is 1. The predicted molar refractivity (Wildman–Crippen MR) is 144 cm³/mol. The summed E-state index contributed by atoms with van der Waals surface area (Å²) < 4.78 is 21.2. The Balaban J connectivity index is 1.23. The molecule has 4 aliphatic rings. The number of hydrogen-bond donors (Lipinski definition) is 1. The molecule has 6 nitrogen and oxygen atoms in total. The predicted octanol–water partition coefficient (Wildman–Crippen LogP) is 4.80. The molecule has 2 bridgehead atoms. The highest BCUT2D eigenvalue weighted by Gasteiger charge is 2.37. The molecule has 194 valence electrons. The molecule has 4 aliphatic heterocycles. The lowest BCUT2D eigenvalue weighted by Gasteiger charge is -2.35. The van der Waals surface area contributed by atoms with E-state index in [0.29, 0.717) is 48.6 Å². The van der Waals surface area contributed by atoms with Crippen LogP contribution >= 0.6 is 0 Å². The number of anilines is 1. The highest BCUT2D eigenvalue weighted by atomic mass is 19.1. The summed E-state index contributed by atoms with van der Waals surface area (Å²) in [5, 5.41) is 5.40. The number of nitrogens with zero attached hydrogens (tertiary/aromatic N) is 4. The fourth-order valence-corrected chi connectivity index (χ4v) is 7.22. The zero-order valence-electron chi connectivity index (χ0n) is 21.6. The Morgan fingerprint density at radius 3 is 2.62 bits per heavy atom. The van der Waals surface area contributed by atoms with Gasteiger partial charge in [0.05, 0.1) is 17.9 Å². The second kappa shape index (κ2) is 9.52. The molecule has 0 radical (unpaired) electrons. The molecule has 4 atom stereocenters. The van der Waals surface area contributed by atoms with Gasteiger partial charge in [0.1, 0.15) is 12.4 Å². The number of hydrogen-bond acceptors (Lipinski definition) is 6. The first kappa shape index (κ1) is 23.4. The standard InChI is InChI=1S/C30H36FN5O/c1-35-13-4-7-23(35)18-37-30-33-26-17-36(27-9-3-6-19-5-2-8-25(31)28(19)27)14-12-24(26)29(34-30)20-15-21-10-11-22(16-20)32-21/h2-3,5-6,8-9,20-23,32H,4,7,10-18H2,1H3/t20-,21+,22-,23-/m0/s1. The molecule has 7 rings (SSSR count). The minimum Gasteiger partial charge on any atom is -0.462 e. The summed E-state index contributed by atoms with van der Waals surface area (Å²) in [5.74, 6) is 0.283. The van der Waals surface area contributed by atoms with Crippen molar-refractivity contribution in [3.8, 4) is 6.01 Å². The summed E-state index contributed by atoms with van der Waals surface area (Å²) >= 11 is 0. The van der Waals surface area contributed by atoms with Gasteiger partial charge in [-0.15, -0.1) is 0 Å². The highest BCUT2D eigenvalue weighted by molar-refractivity contribution is 5.94. The van der Waals surface area contributed by atoms with Crippen LogP contribution in [0.4, 0.5) is 10.1 Å². The first-order chi connectivity index (χ1) is 18.1. The Morgan fingerprint density at radius 1 is 1.03 bits per heavy atom. The van der Waals surface area contributed by atoms with Crippen LogP contribution in [0.2, 0.25) is 0 Å². The van der Waals surface area contributed by atoms with Gasteiger partial charge in [-0.2, -0.15) is 9.97 Å². The summed E-state index contributed by atoms with van der Waals surface area (Å²) in [4.78, 5) is 14.7. The molecule has 0 amide bonds. The van der Waals surface area contributed by atoms with Gasteiger partial charge < -0.3 is 19.9 Å². The third-order valence-electron chi connectivity index (χ3n) is 9.19. The maximum absolute atomic E-state index is 14.9. The number of halogens is 1. The summed E-state index contributed by atoms with van der Waals surface area (Å²) in [5.41, 5.74) is 4.50. The molecule has 0 spiro atoms. The van der Waals surface area contributed by atoms with E-state index in [-0.39, 0.29) is 5.82 Å². The van der Waals surface area contributed by atoms with Gasteiger partial charge in [-0.1, -0.05) is 24.3 Å². The van der Waals surface area contributed by atoms with Crippen molar-refractivity contribution in [2.45, 2.75) is 75.5 Å². The number of likely N-dealkylation sites (tertiary alicyclic amines) is 1. The van der Waals surface area contributed by atoms with Gasteiger partial charge in [0.2, 0.25) is 0 Å². The summed E-state index contributed by atoms with van der Waals surface area (Å²) in [6.45, 7) is 3.24. The molecule has 0 unspecified atom stereocenters. The monoisotopic (exact) mass is 501 g/mol. The smallest absolute Gasteiger partial charge is 0.316 e. The molecule has 0 aliphatic carbocycles. The topological polar surface area (TPSA) is 53.5 Å². The van der Waals surface area contributed by atoms with E-state index in [4.69, 9.17) is 14.7 Å². The zero-order valence-corrected chi connectivity index (χ0v) is 21.6. The summed E-state index contributed by atoms with van der Waals surface area (Å²) in [6.07, 6.45) is 8.08. The number of rotatable bonds is 5. The van der Waals surface area contributed by atoms with Gasteiger partial charge in [-0.3, -0.25) is 0 Å². The number of likely N-dealkylation sites (N-methyl/N-ethyl adjacent to an activating group) is 1. The molecule has 1 N–H and O–H groups in total. The second-order valence-electron chi connectivity index (χ2n) is 11.5. The van der Waals surface area contributed by atoms with Crippen LogP contribution in [-0.2, 0) is 13.0 Å². The maximum atomic E-state index is 14.9. The van der Waals surface area contributed by atoms with Crippen molar-refractivity contribution in [2.75, 3.05) is 31.6 Å². The molecule has 5 heterocycles. The van der Waals surface area contributed by atoms with Crippen LogP contribution in [0.15, 0.2) is 36.4 Å². The van der Waals surface area contributed by atoms with E-state index in [1.54, 1.807) is 12.1 Å². The first-order valence-corrected chi connectivity index (χ1v) is 14.0. The van der Waals surface area contributed by atoms with Crippen molar-refractivity contribution < 1.29 is 9.13 Å².